The standard InChI is InChI=1S/C14H10ClFN4O3/c15-9-3-8(4-11(5-9)23-7-18-20-17)12-6-10(16)1-2-13(12)19-14(21)22/h1-6,19H,7H2,(H,21,22). The van der Waals surface area contributed by atoms with Crippen molar-refractivity contribution in [1.29, 1.82) is 0 Å². The maximum absolute atomic E-state index is 13.5. The van der Waals surface area contributed by atoms with E-state index < -0.39 is 11.9 Å². The van der Waals surface area contributed by atoms with Gasteiger partial charge in [-0.2, -0.15) is 0 Å². The first-order valence-corrected chi connectivity index (χ1v) is 6.61. The summed E-state index contributed by atoms with van der Waals surface area (Å²) >= 11 is 6.00. The third-order valence-corrected chi connectivity index (χ3v) is 2.98. The van der Waals surface area contributed by atoms with Gasteiger partial charge in [0.05, 0.1) is 5.69 Å². The molecule has 0 atom stereocenters. The molecule has 0 aliphatic carbocycles. The maximum Gasteiger partial charge on any atom is 0.409 e. The molecule has 9 heteroatoms. The summed E-state index contributed by atoms with van der Waals surface area (Å²) in [6.07, 6.45) is -1.28. The largest absolute Gasteiger partial charge is 0.487 e. The molecule has 0 aliphatic rings. The van der Waals surface area contributed by atoms with Crippen LogP contribution in [0.25, 0.3) is 21.6 Å². The first-order valence-electron chi connectivity index (χ1n) is 6.23. The molecule has 0 aliphatic heterocycles. The fraction of sp³-hybridized carbons (Fsp3) is 0.0714. The van der Waals surface area contributed by atoms with Crippen molar-refractivity contribution < 1.29 is 19.0 Å². The minimum atomic E-state index is -1.28. The summed E-state index contributed by atoms with van der Waals surface area (Å²) in [7, 11) is 0. The van der Waals surface area contributed by atoms with E-state index >= 15 is 0 Å². The lowest BCUT2D eigenvalue weighted by molar-refractivity contribution is 0.210. The summed E-state index contributed by atoms with van der Waals surface area (Å²) in [5.74, 6) is -0.238. The van der Waals surface area contributed by atoms with Crippen LogP contribution >= 0.6 is 11.6 Å². The van der Waals surface area contributed by atoms with Gasteiger partial charge in [-0.3, -0.25) is 5.32 Å². The van der Waals surface area contributed by atoms with Gasteiger partial charge in [-0.25, -0.2) is 9.18 Å². The zero-order chi connectivity index (χ0) is 16.8. The fourth-order valence-corrected chi connectivity index (χ4v) is 2.14. The van der Waals surface area contributed by atoms with Gasteiger partial charge in [-0.05, 0) is 47.5 Å². The van der Waals surface area contributed by atoms with Crippen molar-refractivity contribution in [3.8, 4) is 16.9 Å². The van der Waals surface area contributed by atoms with Crippen molar-refractivity contribution in [1.82, 2.24) is 0 Å². The van der Waals surface area contributed by atoms with Gasteiger partial charge in [0.15, 0.2) is 6.73 Å². The summed E-state index contributed by atoms with van der Waals surface area (Å²) < 4.78 is 18.7. The lowest BCUT2D eigenvalue weighted by Gasteiger charge is -2.12. The van der Waals surface area contributed by atoms with E-state index in [1.807, 2.05) is 0 Å². The second-order valence-electron chi connectivity index (χ2n) is 4.30. The van der Waals surface area contributed by atoms with Crippen LogP contribution < -0.4 is 10.1 Å². The summed E-state index contributed by atoms with van der Waals surface area (Å²) in [5.41, 5.74) is 9.16. The number of anilines is 1. The molecule has 2 N–H and O–H groups in total. The quantitative estimate of drug-likeness (QED) is 0.461. The van der Waals surface area contributed by atoms with E-state index in [0.717, 1.165) is 6.07 Å². The number of nitrogens with one attached hydrogen (secondary N) is 1. The van der Waals surface area contributed by atoms with E-state index in [9.17, 15) is 9.18 Å². The van der Waals surface area contributed by atoms with Gasteiger partial charge >= 0.3 is 6.09 Å². The number of nitrogens with zero attached hydrogens (tertiary/aromatic N) is 3. The Labute approximate surface area is 134 Å². The van der Waals surface area contributed by atoms with Gasteiger partial charge in [0, 0.05) is 15.5 Å². The molecular weight excluding hydrogens is 327 g/mol. The van der Waals surface area contributed by atoms with E-state index in [4.69, 9.17) is 27.0 Å². The molecule has 2 rings (SSSR count). The Morgan fingerprint density at radius 3 is 2.87 bits per heavy atom. The van der Waals surface area contributed by atoms with Crippen molar-refractivity contribution >= 4 is 23.4 Å². The molecule has 0 bridgehead atoms. The molecule has 0 saturated heterocycles. The van der Waals surface area contributed by atoms with Crippen LogP contribution in [0.2, 0.25) is 5.02 Å². The highest BCUT2D eigenvalue weighted by molar-refractivity contribution is 6.31. The number of azide groups is 1. The molecule has 0 radical (unpaired) electrons. The van der Waals surface area contributed by atoms with E-state index in [0.29, 0.717) is 21.9 Å². The Bertz CT molecular complexity index is 794. The monoisotopic (exact) mass is 336 g/mol. The molecule has 118 valence electrons. The number of amides is 1. The highest BCUT2D eigenvalue weighted by atomic mass is 35.5. The van der Waals surface area contributed by atoms with Crippen molar-refractivity contribution in [2.24, 2.45) is 5.11 Å². The zero-order valence-corrected chi connectivity index (χ0v) is 12.3. The molecule has 7 nitrogen and oxygen atoms in total. The summed E-state index contributed by atoms with van der Waals surface area (Å²) in [6, 6.07) is 8.17. The summed E-state index contributed by atoms with van der Waals surface area (Å²) in [6.45, 7) is -0.236. The third kappa shape index (κ3) is 4.50. The van der Waals surface area contributed by atoms with Crippen molar-refractivity contribution in [2.45, 2.75) is 0 Å². The number of hydrogen-bond donors (Lipinski definition) is 2. The van der Waals surface area contributed by atoms with Gasteiger partial charge in [0.2, 0.25) is 0 Å². The van der Waals surface area contributed by atoms with Gasteiger partial charge in [0.1, 0.15) is 11.6 Å². The van der Waals surface area contributed by atoms with E-state index in [2.05, 4.69) is 15.3 Å². The number of ether oxygens (including phenoxy) is 1. The summed E-state index contributed by atoms with van der Waals surface area (Å²) in [5, 5.41) is 14.6. The second-order valence-corrected chi connectivity index (χ2v) is 4.74. The number of halogens is 2. The lowest BCUT2D eigenvalue weighted by Crippen LogP contribution is -2.08. The topological polar surface area (TPSA) is 107 Å². The van der Waals surface area contributed by atoms with Crippen LogP contribution in [0.15, 0.2) is 41.5 Å². The predicted molar refractivity (Wildman–Crippen MR) is 83.1 cm³/mol. The van der Waals surface area contributed by atoms with Crippen LogP contribution in [0, 0.1) is 5.82 Å². The van der Waals surface area contributed by atoms with Gasteiger partial charge < -0.3 is 9.84 Å². The van der Waals surface area contributed by atoms with Crippen LogP contribution in [0.5, 0.6) is 5.75 Å². The van der Waals surface area contributed by atoms with E-state index in [1.165, 1.54) is 30.3 Å². The second kappa shape index (κ2) is 7.35. The molecule has 2 aromatic rings. The molecule has 0 heterocycles. The van der Waals surface area contributed by atoms with Crippen molar-refractivity contribution in [2.75, 3.05) is 12.0 Å². The fourth-order valence-electron chi connectivity index (χ4n) is 1.91. The molecule has 1 amide bonds. The Balaban J connectivity index is 2.46. The molecule has 23 heavy (non-hydrogen) atoms. The van der Waals surface area contributed by atoms with E-state index in [1.54, 1.807) is 0 Å². The Kier molecular flexibility index (Phi) is 5.24. The Morgan fingerprint density at radius 1 is 1.39 bits per heavy atom. The number of rotatable bonds is 5. The SMILES string of the molecule is [N-]=[N+]=NCOc1cc(Cl)cc(-c2cc(F)ccc2NC(=O)O)c1. The van der Waals surface area contributed by atoms with Gasteiger partial charge in [-0.1, -0.05) is 16.7 Å². The average molecular weight is 337 g/mol. The van der Waals surface area contributed by atoms with Gasteiger partial charge in [-0.15, -0.1) is 0 Å². The minimum absolute atomic E-state index is 0.196. The van der Waals surface area contributed by atoms with Crippen LogP contribution in [-0.4, -0.2) is 17.9 Å². The Hall–Kier alpha value is -2.96. The highest BCUT2D eigenvalue weighted by Gasteiger charge is 2.11. The van der Waals surface area contributed by atoms with Crippen molar-refractivity contribution in [3.05, 3.63) is 57.7 Å². The molecule has 0 aromatic heterocycles. The zero-order valence-electron chi connectivity index (χ0n) is 11.5. The molecule has 0 spiro atoms. The van der Waals surface area contributed by atoms with Crippen LogP contribution in [0.1, 0.15) is 0 Å². The maximum atomic E-state index is 13.5. The smallest absolute Gasteiger partial charge is 0.409 e. The van der Waals surface area contributed by atoms with Crippen molar-refractivity contribution in [3.63, 3.8) is 0 Å². The number of carbonyl (C=O) groups is 1. The molecule has 0 saturated carbocycles. The van der Waals surface area contributed by atoms with Crippen LogP contribution in [0.4, 0.5) is 14.9 Å². The van der Waals surface area contributed by atoms with Crippen LogP contribution in [0.3, 0.4) is 0 Å². The first kappa shape index (κ1) is 16.4. The Morgan fingerprint density at radius 2 is 2.17 bits per heavy atom. The number of benzene rings is 2. The number of carboxylic acid groups (broad SMARTS) is 1. The molecule has 0 fully saturated rings. The normalized spacial score (nSPS) is 9.83. The lowest BCUT2D eigenvalue weighted by atomic mass is 10.0. The molecule has 2 aromatic carbocycles. The summed E-state index contributed by atoms with van der Waals surface area (Å²) in [4.78, 5) is 13.4. The molecular formula is C14H10ClFN4O3. The first-order chi connectivity index (χ1) is 11.0. The highest BCUT2D eigenvalue weighted by Crippen LogP contribution is 2.33. The average Bonchev–Trinajstić information content (AvgIpc) is 2.48. The predicted octanol–water partition coefficient (Wildman–Crippen LogP) is 4.88. The number of hydrogen-bond acceptors (Lipinski definition) is 3. The van der Waals surface area contributed by atoms with E-state index in [-0.39, 0.29) is 12.4 Å². The minimum Gasteiger partial charge on any atom is -0.487 e. The van der Waals surface area contributed by atoms with Gasteiger partial charge in [0.25, 0.3) is 0 Å². The third-order valence-electron chi connectivity index (χ3n) is 2.76. The molecule has 0 unspecified atom stereocenters. The van der Waals surface area contributed by atoms with Crippen LogP contribution in [-0.2, 0) is 0 Å².